The smallest absolute Gasteiger partial charge is 0.228 e. The molecule has 1 amide bonds. The molecule has 1 atom stereocenters. The van der Waals surface area contributed by atoms with Gasteiger partial charge in [0.1, 0.15) is 23.1 Å². The van der Waals surface area contributed by atoms with E-state index < -0.39 is 16.6 Å². The van der Waals surface area contributed by atoms with Gasteiger partial charge in [0.2, 0.25) is 5.91 Å². The van der Waals surface area contributed by atoms with Crippen molar-refractivity contribution in [2.45, 2.75) is 44.6 Å². The maximum atomic E-state index is 15.0. The average Bonchev–Trinajstić information content (AvgIpc) is 3.30. The molecule has 2 heterocycles. The number of amides is 1. The summed E-state index contributed by atoms with van der Waals surface area (Å²) in [7, 11) is 0.207. The monoisotopic (exact) mass is 524 g/mol. The molecule has 0 bridgehead atoms. The Kier molecular flexibility index (Phi) is 7.31. The number of carbonyl (C=O) groups excluding carboxylic acids is 1. The van der Waals surface area contributed by atoms with Crippen LogP contribution < -0.4 is 14.8 Å². The SMILES string of the molecule is COc1cc2nccc(Oc3cc(F)c(CC(=O)Nc4cnn(C(C)(C)C)c4)cc3C)c2cc1S(C)=O. The van der Waals surface area contributed by atoms with Gasteiger partial charge in [0.25, 0.3) is 0 Å². The number of nitrogens with one attached hydrogen (secondary N) is 1. The minimum absolute atomic E-state index is 0.142. The summed E-state index contributed by atoms with van der Waals surface area (Å²) in [6.45, 7) is 7.79. The number of pyridine rings is 1. The van der Waals surface area contributed by atoms with Gasteiger partial charge in [-0.05, 0) is 57.0 Å². The number of anilines is 1. The highest BCUT2D eigenvalue weighted by molar-refractivity contribution is 7.84. The number of aryl methyl sites for hydroxylation is 1. The number of methoxy groups -OCH3 is 1. The first-order valence-electron chi connectivity index (χ1n) is 11.6. The third-order valence-corrected chi connectivity index (χ3v) is 6.70. The summed E-state index contributed by atoms with van der Waals surface area (Å²) in [5.41, 5.74) is 1.82. The van der Waals surface area contributed by atoms with Crippen LogP contribution >= 0.6 is 0 Å². The normalized spacial score (nSPS) is 12.4. The van der Waals surface area contributed by atoms with Crippen LogP contribution in [0, 0.1) is 12.7 Å². The van der Waals surface area contributed by atoms with E-state index >= 15 is 4.39 Å². The lowest BCUT2D eigenvalue weighted by atomic mass is 10.1. The molecule has 1 N–H and O–H groups in total. The molecule has 0 aliphatic heterocycles. The first-order valence-corrected chi connectivity index (χ1v) is 13.1. The maximum absolute atomic E-state index is 15.0. The van der Waals surface area contributed by atoms with Gasteiger partial charge in [-0.2, -0.15) is 5.10 Å². The van der Waals surface area contributed by atoms with E-state index in [9.17, 15) is 9.00 Å². The Bertz CT molecular complexity index is 1510. The molecule has 4 rings (SSSR count). The first kappa shape index (κ1) is 26.3. The van der Waals surface area contributed by atoms with Crippen molar-refractivity contribution >= 4 is 33.3 Å². The third-order valence-electron chi connectivity index (χ3n) is 5.77. The van der Waals surface area contributed by atoms with Gasteiger partial charge in [-0.25, -0.2) is 4.39 Å². The van der Waals surface area contributed by atoms with Crippen LogP contribution in [0.3, 0.4) is 0 Å². The molecule has 0 spiro atoms. The number of carbonyl (C=O) groups is 1. The van der Waals surface area contributed by atoms with Crippen LogP contribution in [0.4, 0.5) is 10.1 Å². The van der Waals surface area contributed by atoms with Crippen molar-refractivity contribution < 1.29 is 22.9 Å². The number of halogens is 1. The summed E-state index contributed by atoms with van der Waals surface area (Å²) in [6, 6.07) is 7.93. The largest absolute Gasteiger partial charge is 0.495 e. The fraction of sp³-hybridized carbons (Fsp3) is 0.296. The Morgan fingerprint density at radius 3 is 2.57 bits per heavy atom. The van der Waals surface area contributed by atoms with Gasteiger partial charge in [0.05, 0.1) is 52.2 Å². The number of hydrogen-bond acceptors (Lipinski definition) is 6. The van der Waals surface area contributed by atoms with E-state index in [1.54, 1.807) is 60.7 Å². The van der Waals surface area contributed by atoms with E-state index in [1.165, 1.54) is 13.2 Å². The molecule has 1 unspecified atom stereocenters. The van der Waals surface area contributed by atoms with Crippen LogP contribution in [-0.2, 0) is 27.6 Å². The molecular weight excluding hydrogens is 495 g/mol. The van der Waals surface area contributed by atoms with Crippen molar-refractivity contribution in [3.8, 4) is 17.2 Å². The van der Waals surface area contributed by atoms with Crippen LogP contribution in [-0.4, -0.2) is 38.2 Å². The minimum Gasteiger partial charge on any atom is -0.495 e. The minimum atomic E-state index is -1.30. The van der Waals surface area contributed by atoms with Gasteiger partial charge < -0.3 is 14.8 Å². The molecule has 0 radical (unpaired) electrons. The Morgan fingerprint density at radius 2 is 1.92 bits per heavy atom. The number of aromatic nitrogens is 3. The summed E-state index contributed by atoms with van der Waals surface area (Å²) >= 11 is 0. The highest BCUT2D eigenvalue weighted by atomic mass is 32.2. The molecule has 2 aromatic heterocycles. The number of hydrogen-bond donors (Lipinski definition) is 1. The van der Waals surface area contributed by atoms with Gasteiger partial charge >= 0.3 is 0 Å². The highest BCUT2D eigenvalue weighted by Crippen LogP contribution is 2.36. The lowest BCUT2D eigenvalue weighted by molar-refractivity contribution is -0.115. The van der Waals surface area contributed by atoms with Gasteiger partial charge in [-0.1, -0.05) is 0 Å². The van der Waals surface area contributed by atoms with Gasteiger partial charge in [-0.3, -0.25) is 18.7 Å². The van der Waals surface area contributed by atoms with Gasteiger partial charge in [0.15, 0.2) is 0 Å². The summed E-state index contributed by atoms with van der Waals surface area (Å²) in [6.07, 6.45) is 6.30. The number of nitrogens with zero attached hydrogens (tertiary/aromatic N) is 3. The number of benzene rings is 2. The number of fused-ring (bicyclic) bond motifs is 1. The second-order valence-corrected chi connectivity index (χ2v) is 11.0. The Labute approximate surface area is 217 Å². The van der Waals surface area contributed by atoms with Crippen LogP contribution in [0.5, 0.6) is 17.2 Å². The van der Waals surface area contributed by atoms with Crippen LogP contribution in [0.25, 0.3) is 10.9 Å². The van der Waals surface area contributed by atoms with E-state index in [0.29, 0.717) is 44.3 Å². The summed E-state index contributed by atoms with van der Waals surface area (Å²) < 4.78 is 40.4. The summed E-state index contributed by atoms with van der Waals surface area (Å²) in [4.78, 5) is 17.4. The summed E-state index contributed by atoms with van der Waals surface area (Å²) in [5.74, 6) is 0.290. The zero-order chi connectivity index (χ0) is 26.9. The van der Waals surface area contributed by atoms with Crippen molar-refractivity contribution in [1.82, 2.24) is 14.8 Å². The van der Waals surface area contributed by atoms with Gasteiger partial charge in [0, 0.05) is 36.2 Å². The lowest BCUT2D eigenvalue weighted by Crippen LogP contribution is -2.22. The Morgan fingerprint density at radius 1 is 1.16 bits per heavy atom. The molecule has 2 aromatic carbocycles. The van der Waals surface area contributed by atoms with Crippen molar-refractivity contribution in [3.63, 3.8) is 0 Å². The topological polar surface area (TPSA) is 95.3 Å². The third kappa shape index (κ3) is 5.80. The van der Waals surface area contributed by atoms with Crippen molar-refractivity contribution in [3.05, 3.63) is 65.9 Å². The predicted octanol–water partition coefficient (Wildman–Crippen LogP) is 5.35. The van der Waals surface area contributed by atoms with E-state index in [2.05, 4.69) is 15.4 Å². The fourth-order valence-corrected chi connectivity index (χ4v) is 4.53. The van der Waals surface area contributed by atoms with Crippen molar-refractivity contribution in [1.29, 1.82) is 0 Å². The van der Waals surface area contributed by atoms with E-state index in [1.807, 2.05) is 20.8 Å². The first-order chi connectivity index (χ1) is 17.5. The quantitative estimate of drug-likeness (QED) is 0.350. The molecule has 0 aliphatic rings. The standard InChI is InChI=1S/C27H29FN4O4S/c1-16-9-17(10-26(33)31-18-14-30-32(15-18)27(2,3)4)20(28)12-23(16)36-22-7-8-29-21-13-24(35-5)25(37(6)34)11-19(21)22/h7-9,11-15H,10H2,1-6H3,(H,31,33). The molecule has 0 fully saturated rings. The lowest BCUT2D eigenvalue weighted by Gasteiger charge is -2.18. The van der Waals surface area contributed by atoms with Gasteiger partial charge in [-0.15, -0.1) is 0 Å². The second-order valence-electron chi connectivity index (χ2n) is 9.66. The fourth-order valence-electron chi connectivity index (χ4n) is 3.82. The van der Waals surface area contributed by atoms with E-state index in [-0.39, 0.29) is 23.4 Å². The molecule has 4 aromatic rings. The molecule has 194 valence electrons. The van der Waals surface area contributed by atoms with Crippen molar-refractivity contribution in [2.24, 2.45) is 0 Å². The molecule has 0 aliphatic carbocycles. The predicted molar refractivity (Wildman–Crippen MR) is 141 cm³/mol. The van der Waals surface area contributed by atoms with E-state index in [0.717, 1.165) is 0 Å². The zero-order valence-electron chi connectivity index (χ0n) is 21.6. The highest BCUT2D eigenvalue weighted by Gasteiger charge is 2.18. The van der Waals surface area contributed by atoms with Crippen LogP contribution in [0.1, 0.15) is 31.9 Å². The molecule has 0 saturated carbocycles. The zero-order valence-corrected chi connectivity index (χ0v) is 22.4. The Hall–Kier alpha value is -3.79. The number of ether oxygens (including phenoxy) is 2. The molecule has 8 nitrogen and oxygen atoms in total. The number of rotatable bonds is 7. The van der Waals surface area contributed by atoms with Crippen LogP contribution in [0.2, 0.25) is 0 Å². The molecule has 0 saturated heterocycles. The molecule has 10 heteroatoms. The Balaban J connectivity index is 1.56. The van der Waals surface area contributed by atoms with Crippen molar-refractivity contribution in [2.75, 3.05) is 18.7 Å². The van der Waals surface area contributed by atoms with E-state index in [4.69, 9.17) is 9.47 Å². The maximum Gasteiger partial charge on any atom is 0.228 e. The molecular formula is C27H29FN4O4S. The second kappa shape index (κ2) is 10.3. The summed E-state index contributed by atoms with van der Waals surface area (Å²) in [5, 5.41) is 7.64. The average molecular weight is 525 g/mol. The van der Waals surface area contributed by atoms with Crippen LogP contribution in [0.15, 0.2) is 53.8 Å². The molecule has 37 heavy (non-hydrogen) atoms.